The van der Waals surface area contributed by atoms with E-state index in [0.717, 1.165) is 38.3 Å². The Morgan fingerprint density at radius 3 is 2.44 bits per heavy atom. The van der Waals surface area contributed by atoms with Gasteiger partial charge >= 0.3 is 6.09 Å². The Morgan fingerprint density at radius 1 is 1.04 bits per heavy atom. The number of nitrogens with zero attached hydrogens (tertiary/aromatic N) is 4. The van der Waals surface area contributed by atoms with E-state index >= 15 is 0 Å². The summed E-state index contributed by atoms with van der Waals surface area (Å²) in [5.41, 5.74) is 3.65. The van der Waals surface area contributed by atoms with Crippen LogP contribution in [0.25, 0.3) is 0 Å². The Labute approximate surface area is 160 Å². The van der Waals surface area contributed by atoms with Crippen LogP contribution in [0.4, 0.5) is 10.5 Å². The maximum Gasteiger partial charge on any atom is 0.410 e. The third-order valence-corrected chi connectivity index (χ3v) is 5.21. The zero-order valence-corrected chi connectivity index (χ0v) is 15.8. The summed E-state index contributed by atoms with van der Waals surface area (Å²) in [6.07, 6.45) is 3.54. The maximum atomic E-state index is 11.8. The van der Waals surface area contributed by atoms with Crippen LogP contribution in [0, 0.1) is 0 Å². The molecule has 2 saturated heterocycles. The molecule has 0 aliphatic carbocycles. The number of anilines is 1. The summed E-state index contributed by atoms with van der Waals surface area (Å²) >= 11 is 0. The highest BCUT2D eigenvalue weighted by Gasteiger charge is 2.27. The Morgan fingerprint density at radius 2 is 1.81 bits per heavy atom. The standard InChI is InChI=1S/C21H26N4O2/c1-17-14-25(21(26)27-17)16-18-4-6-20(7-5-18)24-11-9-23(10-12-24)15-19-3-2-8-22-13-19/h2-8,13,17H,9-12,14-16H2,1H3. The maximum absolute atomic E-state index is 11.8. The second-order valence-corrected chi connectivity index (χ2v) is 7.37. The third-order valence-electron chi connectivity index (χ3n) is 5.21. The van der Waals surface area contributed by atoms with E-state index in [0.29, 0.717) is 13.1 Å². The van der Waals surface area contributed by atoms with Crippen molar-refractivity contribution >= 4 is 11.8 Å². The number of amides is 1. The Hall–Kier alpha value is -2.60. The number of piperazine rings is 1. The zero-order valence-electron chi connectivity index (χ0n) is 15.8. The number of rotatable bonds is 5. The number of hydrogen-bond donors (Lipinski definition) is 0. The van der Waals surface area contributed by atoms with E-state index < -0.39 is 0 Å². The predicted molar refractivity (Wildman–Crippen MR) is 105 cm³/mol. The first-order valence-corrected chi connectivity index (χ1v) is 9.58. The first-order chi connectivity index (χ1) is 13.2. The summed E-state index contributed by atoms with van der Waals surface area (Å²) in [4.78, 5) is 22.6. The molecule has 1 aromatic carbocycles. The molecule has 0 spiro atoms. The van der Waals surface area contributed by atoms with E-state index in [1.165, 1.54) is 11.3 Å². The lowest BCUT2D eigenvalue weighted by Gasteiger charge is -2.36. The molecule has 0 N–H and O–H groups in total. The fraction of sp³-hybridized carbons (Fsp3) is 0.429. The lowest BCUT2D eigenvalue weighted by atomic mass is 10.1. The van der Waals surface area contributed by atoms with Crippen LogP contribution in [-0.2, 0) is 17.8 Å². The van der Waals surface area contributed by atoms with Crippen LogP contribution < -0.4 is 4.90 Å². The van der Waals surface area contributed by atoms with Gasteiger partial charge in [-0.15, -0.1) is 0 Å². The molecule has 6 heteroatoms. The minimum atomic E-state index is -0.212. The Balaban J connectivity index is 1.29. The van der Waals surface area contributed by atoms with E-state index in [-0.39, 0.29) is 12.2 Å². The summed E-state index contributed by atoms with van der Waals surface area (Å²) in [5, 5.41) is 0. The van der Waals surface area contributed by atoms with Crippen molar-refractivity contribution in [3.05, 3.63) is 59.9 Å². The molecule has 1 atom stereocenters. The number of carbonyl (C=O) groups excluding carboxylic acids is 1. The quantitative estimate of drug-likeness (QED) is 0.814. The normalized spacial score (nSPS) is 20.8. The molecule has 0 radical (unpaired) electrons. The molecule has 3 heterocycles. The summed E-state index contributed by atoms with van der Waals surface area (Å²) < 4.78 is 5.19. The van der Waals surface area contributed by atoms with Gasteiger partial charge in [-0.25, -0.2) is 4.79 Å². The molecule has 2 aliphatic heterocycles. The molecule has 2 fully saturated rings. The van der Waals surface area contributed by atoms with E-state index in [1.54, 1.807) is 4.90 Å². The van der Waals surface area contributed by atoms with Crippen molar-refractivity contribution in [2.24, 2.45) is 0 Å². The van der Waals surface area contributed by atoms with Gasteiger partial charge in [0, 0.05) is 57.3 Å². The molecular weight excluding hydrogens is 340 g/mol. The van der Waals surface area contributed by atoms with Gasteiger partial charge in [-0.3, -0.25) is 9.88 Å². The smallest absolute Gasteiger partial charge is 0.410 e. The molecule has 2 aromatic rings. The van der Waals surface area contributed by atoms with Crippen LogP contribution in [0.2, 0.25) is 0 Å². The van der Waals surface area contributed by atoms with E-state index in [1.807, 2.05) is 25.4 Å². The largest absolute Gasteiger partial charge is 0.444 e. The van der Waals surface area contributed by atoms with Gasteiger partial charge in [-0.1, -0.05) is 18.2 Å². The van der Waals surface area contributed by atoms with Gasteiger partial charge in [0.05, 0.1) is 6.54 Å². The van der Waals surface area contributed by atoms with E-state index in [4.69, 9.17) is 4.74 Å². The second kappa shape index (κ2) is 7.96. The number of ether oxygens (including phenoxy) is 1. The van der Waals surface area contributed by atoms with Gasteiger partial charge in [-0.2, -0.15) is 0 Å². The molecule has 27 heavy (non-hydrogen) atoms. The van der Waals surface area contributed by atoms with Crippen LogP contribution in [0.1, 0.15) is 18.1 Å². The van der Waals surface area contributed by atoms with Crippen LogP contribution in [-0.4, -0.2) is 59.7 Å². The molecule has 1 unspecified atom stereocenters. The molecule has 0 bridgehead atoms. The number of cyclic esters (lactones) is 1. The molecule has 0 saturated carbocycles. The van der Waals surface area contributed by atoms with Crippen LogP contribution in [0.5, 0.6) is 0 Å². The van der Waals surface area contributed by atoms with E-state index in [2.05, 4.69) is 45.1 Å². The van der Waals surface area contributed by atoms with Crippen molar-refractivity contribution in [3.63, 3.8) is 0 Å². The van der Waals surface area contributed by atoms with Gasteiger partial charge in [0.1, 0.15) is 6.10 Å². The molecule has 2 aliphatic rings. The highest BCUT2D eigenvalue weighted by atomic mass is 16.6. The lowest BCUT2D eigenvalue weighted by molar-refractivity contribution is 0.137. The number of aromatic nitrogens is 1. The monoisotopic (exact) mass is 366 g/mol. The van der Waals surface area contributed by atoms with Crippen molar-refractivity contribution in [2.75, 3.05) is 37.6 Å². The average Bonchev–Trinajstić information content (AvgIpc) is 3.01. The lowest BCUT2D eigenvalue weighted by Crippen LogP contribution is -2.45. The number of pyridine rings is 1. The minimum absolute atomic E-state index is 0.0141. The van der Waals surface area contributed by atoms with Gasteiger partial charge in [-0.05, 0) is 36.2 Å². The Kier molecular flexibility index (Phi) is 5.25. The van der Waals surface area contributed by atoms with Crippen molar-refractivity contribution in [1.82, 2.24) is 14.8 Å². The second-order valence-electron chi connectivity index (χ2n) is 7.37. The van der Waals surface area contributed by atoms with Crippen molar-refractivity contribution < 1.29 is 9.53 Å². The van der Waals surface area contributed by atoms with Gasteiger partial charge in [0.15, 0.2) is 0 Å². The molecule has 1 amide bonds. The average molecular weight is 366 g/mol. The Bertz CT molecular complexity index is 758. The van der Waals surface area contributed by atoms with Crippen LogP contribution >= 0.6 is 0 Å². The summed E-state index contributed by atoms with van der Waals surface area (Å²) in [5.74, 6) is 0. The number of carbonyl (C=O) groups is 1. The highest BCUT2D eigenvalue weighted by molar-refractivity contribution is 5.69. The molecule has 1 aromatic heterocycles. The summed E-state index contributed by atoms with van der Waals surface area (Å²) in [6, 6.07) is 12.7. The number of hydrogen-bond acceptors (Lipinski definition) is 5. The fourth-order valence-electron chi connectivity index (χ4n) is 3.74. The van der Waals surface area contributed by atoms with Crippen LogP contribution in [0.3, 0.4) is 0 Å². The first kappa shape index (κ1) is 17.8. The summed E-state index contributed by atoms with van der Waals surface area (Å²) in [6.45, 7) is 8.31. The molecule has 142 valence electrons. The molecule has 4 rings (SSSR count). The van der Waals surface area contributed by atoms with Crippen molar-refractivity contribution in [2.45, 2.75) is 26.1 Å². The SMILES string of the molecule is CC1CN(Cc2ccc(N3CCN(Cc4cccnc4)CC3)cc2)C(=O)O1. The third kappa shape index (κ3) is 4.39. The zero-order chi connectivity index (χ0) is 18.6. The number of benzene rings is 1. The minimum Gasteiger partial charge on any atom is -0.444 e. The van der Waals surface area contributed by atoms with Crippen molar-refractivity contribution in [3.8, 4) is 0 Å². The van der Waals surface area contributed by atoms with Gasteiger partial charge in [0.2, 0.25) is 0 Å². The van der Waals surface area contributed by atoms with Crippen molar-refractivity contribution in [1.29, 1.82) is 0 Å². The van der Waals surface area contributed by atoms with Crippen LogP contribution in [0.15, 0.2) is 48.8 Å². The molecule has 6 nitrogen and oxygen atoms in total. The highest BCUT2D eigenvalue weighted by Crippen LogP contribution is 2.20. The van der Waals surface area contributed by atoms with Gasteiger partial charge < -0.3 is 14.5 Å². The van der Waals surface area contributed by atoms with Gasteiger partial charge in [0.25, 0.3) is 0 Å². The first-order valence-electron chi connectivity index (χ1n) is 9.58. The predicted octanol–water partition coefficient (Wildman–Crippen LogP) is 2.74. The topological polar surface area (TPSA) is 48.9 Å². The summed E-state index contributed by atoms with van der Waals surface area (Å²) in [7, 11) is 0. The van der Waals surface area contributed by atoms with E-state index in [9.17, 15) is 4.79 Å². The molecular formula is C21H26N4O2. The fourth-order valence-corrected chi connectivity index (χ4v) is 3.74.